The van der Waals surface area contributed by atoms with E-state index in [-0.39, 0.29) is 24.8 Å². The highest BCUT2D eigenvalue weighted by Gasteiger charge is 2.27. The monoisotopic (exact) mass is 475 g/mol. The largest absolute Gasteiger partial charge is 0.355 e. The summed E-state index contributed by atoms with van der Waals surface area (Å²) in [5.74, 6) is 0.252. The Balaban J connectivity index is 1.92. The van der Waals surface area contributed by atoms with Crippen molar-refractivity contribution in [1.82, 2.24) is 5.32 Å². The quantitative estimate of drug-likeness (QED) is 0.627. The SMILES string of the molecule is Cc1cc2c(cc1C)N(CC(=O)NCCC(C)C)C(=O)CC(c1ccc(Br)s1)=N2. The van der Waals surface area contributed by atoms with Gasteiger partial charge in [0, 0.05) is 6.54 Å². The Labute approximate surface area is 184 Å². The summed E-state index contributed by atoms with van der Waals surface area (Å²) in [5.41, 5.74) is 4.34. The lowest BCUT2D eigenvalue weighted by Crippen LogP contribution is -2.41. The molecule has 0 spiro atoms. The molecule has 0 atom stereocenters. The number of anilines is 1. The van der Waals surface area contributed by atoms with Gasteiger partial charge in [-0.2, -0.15) is 0 Å². The molecule has 154 valence electrons. The lowest BCUT2D eigenvalue weighted by molar-refractivity contribution is -0.123. The Morgan fingerprint density at radius 3 is 2.66 bits per heavy atom. The van der Waals surface area contributed by atoms with Crippen molar-refractivity contribution in [2.75, 3.05) is 18.0 Å². The van der Waals surface area contributed by atoms with Crippen LogP contribution < -0.4 is 10.2 Å². The number of carbonyl (C=O) groups excluding carboxylic acids is 2. The van der Waals surface area contributed by atoms with Crippen LogP contribution >= 0.6 is 27.3 Å². The van der Waals surface area contributed by atoms with E-state index in [4.69, 9.17) is 4.99 Å². The first-order valence-electron chi connectivity index (χ1n) is 9.76. The van der Waals surface area contributed by atoms with Gasteiger partial charge in [-0.15, -0.1) is 11.3 Å². The number of aliphatic imine (C=N–C) groups is 1. The third-order valence-corrected chi connectivity index (χ3v) is 6.63. The van der Waals surface area contributed by atoms with E-state index in [9.17, 15) is 9.59 Å². The van der Waals surface area contributed by atoms with Gasteiger partial charge < -0.3 is 10.2 Å². The van der Waals surface area contributed by atoms with E-state index in [1.165, 1.54) is 0 Å². The summed E-state index contributed by atoms with van der Waals surface area (Å²) in [7, 11) is 0. The number of carbonyl (C=O) groups is 2. The van der Waals surface area contributed by atoms with Crippen LogP contribution in [0.1, 0.15) is 42.7 Å². The molecule has 29 heavy (non-hydrogen) atoms. The number of fused-ring (bicyclic) bond motifs is 1. The number of halogens is 1. The second kappa shape index (κ2) is 9.22. The Bertz CT molecular complexity index is 965. The van der Waals surface area contributed by atoms with Crippen molar-refractivity contribution < 1.29 is 9.59 Å². The van der Waals surface area contributed by atoms with Gasteiger partial charge in [0.15, 0.2) is 0 Å². The number of rotatable bonds is 6. The highest BCUT2D eigenvalue weighted by molar-refractivity contribution is 9.11. The van der Waals surface area contributed by atoms with E-state index in [1.807, 2.05) is 38.1 Å². The molecule has 2 aromatic rings. The van der Waals surface area contributed by atoms with Crippen molar-refractivity contribution in [1.29, 1.82) is 0 Å². The van der Waals surface area contributed by atoms with Gasteiger partial charge in [-0.25, -0.2) is 4.99 Å². The van der Waals surface area contributed by atoms with E-state index in [0.717, 1.165) is 37.6 Å². The van der Waals surface area contributed by atoms with Crippen molar-refractivity contribution in [3.8, 4) is 0 Å². The average Bonchev–Trinajstić information content (AvgIpc) is 3.03. The van der Waals surface area contributed by atoms with Gasteiger partial charge in [-0.05, 0) is 77.5 Å². The number of amides is 2. The molecule has 0 bridgehead atoms. The molecule has 1 aliphatic heterocycles. The van der Waals surface area contributed by atoms with Crippen LogP contribution in [0.3, 0.4) is 0 Å². The minimum atomic E-state index is -0.148. The van der Waals surface area contributed by atoms with Gasteiger partial charge in [-0.1, -0.05) is 13.8 Å². The second-order valence-electron chi connectivity index (χ2n) is 7.78. The summed E-state index contributed by atoms with van der Waals surface area (Å²) >= 11 is 5.03. The first-order valence-corrected chi connectivity index (χ1v) is 11.4. The molecule has 0 saturated heterocycles. The molecule has 0 fully saturated rings. The van der Waals surface area contributed by atoms with Gasteiger partial charge >= 0.3 is 0 Å². The molecular weight excluding hydrogens is 450 g/mol. The van der Waals surface area contributed by atoms with E-state index in [2.05, 4.69) is 35.1 Å². The molecule has 5 nitrogen and oxygen atoms in total. The molecular formula is C22H26BrN3O2S. The third kappa shape index (κ3) is 5.34. The van der Waals surface area contributed by atoms with Crippen LogP contribution in [0.5, 0.6) is 0 Å². The first-order chi connectivity index (χ1) is 13.7. The Hall–Kier alpha value is -1.99. The molecule has 3 rings (SSSR count). The van der Waals surface area contributed by atoms with Gasteiger partial charge in [0.1, 0.15) is 6.54 Å². The molecule has 0 radical (unpaired) electrons. The van der Waals surface area contributed by atoms with Crippen LogP contribution in [-0.2, 0) is 9.59 Å². The molecule has 2 amide bonds. The second-order valence-corrected chi connectivity index (χ2v) is 10.2. The lowest BCUT2D eigenvalue weighted by Gasteiger charge is -2.23. The summed E-state index contributed by atoms with van der Waals surface area (Å²) in [6.07, 6.45) is 1.08. The fourth-order valence-electron chi connectivity index (χ4n) is 3.13. The summed E-state index contributed by atoms with van der Waals surface area (Å²) in [6.45, 7) is 8.89. The normalized spacial score (nSPS) is 13.9. The van der Waals surface area contributed by atoms with Crippen molar-refractivity contribution in [3.05, 3.63) is 44.1 Å². The average molecular weight is 476 g/mol. The molecule has 1 N–H and O–H groups in total. The number of benzene rings is 1. The fraction of sp³-hybridized carbons (Fsp3) is 0.409. The maximum atomic E-state index is 13.1. The van der Waals surface area contributed by atoms with Crippen molar-refractivity contribution in [2.24, 2.45) is 10.9 Å². The van der Waals surface area contributed by atoms with Gasteiger partial charge in [0.25, 0.3) is 0 Å². The van der Waals surface area contributed by atoms with Crippen molar-refractivity contribution in [3.63, 3.8) is 0 Å². The van der Waals surface area contributed by atoms with Crippen LogP contribution in [0.25, 0.3) is 0 Å². The van der Waals surface area contributed by atoms with Crippen LogP contribution in [0.2, 0.25) is 0 Å². The van der Waals surface area contributed by atoms with E-state index < -0.39 is 0 Å². The topological polar surface area (TPSA) is 61.8 Å². The van der Waals surface area contributed by atoms with Crippen LogP contribution in [0, 0.1) is 19.8 Å². The smallest absolute Gasteiger partial charge is 0.240 e. The number of aryl methyl sites for hydroxylation is 2. The Kier molecular flexibility index (Phi) is 6.90. The maximum Gasteiger partial charge on any atom is 0.240 e. The predicted octanol–water partition coefficient (Wildman–Crippen LogP) is 5.15. The van der Waals surface area contributed by atoms with Crippen molar-refractivity contribution >= 4 is 56.2 Å². The molecule has 0 unspecified atom stereocenters. The molecule has 0 aliphatic carbocycles. The predicted molar refractivity (Wildman–Crippen MR) is 124 cm³/mol. The van der Waals surface area contributed by atoms with E-state index >= 15 is 0 Å². The summed E-state index contributed by atoms with van der Waals surface area (Å²) in [4.78, 5) is 33.0. The summed E-state index contributed by atoms with van der Waals surface area (Å²) < 4.78 is 0.994. The standard InChI is InChI=1S/C22H26BrN3O2S/c1-13(2)7-8-24-21(27)12-26-18-10-15(4)14(3)9-16(18)25-17(11-22(26)28)19-5-6-20(23)29-19/h5-6,9-10,13H,7-8,11-12H2,1-4H3,(H,24,27). The summed E-state index contributed by atoms with van der Waals surface area (Å²) in [6, 6.07) is 7.88. The number of hydrogen-bond acceptors (Lipinski definition) is 4. The molecule has 7 heteroatoms. The Morgan fingerprint density at radius 2 is 2.00 bits per heavy atom. The number of thiophene rings is 1. The Morgan fingerprint density at radius 1 is 1.28 bits per heavy atom. The van der Waals surface area contributed by atoms with Gasteiger partial charge in [-0.3, -0.25) is 9.59 Å². The molecule has 1 aromatic carbocycles. The number of nitrogens with one attached hydrogen (secondary N) is 1. The highest BCUT2D eigenvalue weighted by Crippen LogP contribution is 2.36. The van der Waals surface area contributed by atoms with Crippen LogP contribution in [-0.4, -0.2) is 30.6 Å². The summed E-state index contributed by atoms with van der Waals surface area (Å²) in [5, 5.41) is 2.93. The van der Waals surface area contributed by atoms with Gasteiger partial charge in [0.05, 0.1) is 32.2 Å². The lowest BCUT2D eigenvalue weighted by atomic mass is 10.1. The van der Waals surface area contributed by atoms with Gasteiger partial charge in [0.2, 0.25) is 11.8 Å². The zero-order chi connectivity index (χ0) is 21.1. The highest BCUT2D eigenvalue weighted by atomic mass is 79.9. The zero-order valence-electron chi connectivity index (χ0n) is 17.2. The zero-order valence-corrected chi connectivity index (χ0v) is 19.6. The molecule has 1 aromatic heterocycles. The van der Waals surface area contributed by atoms with Crippen LogP contribution in [0.4, 0.5) is 11.4 Å². The molecule has 1 aliphatic rings. The fourth-order valence-corrected chi connectivity index (χ4v) is 4.51. The molecule has 0 saturated carbocycles. The number of hydrogen-bond donors (Lipinski definition) is 1. The van der Waals surface area contributed by atoms with Crippen LogP contribution in [0.15, 0.2) is 33.0 Å². The molecule has 2 heterocycles. The minimum absolute atomic E-state index is 0.00334. The number of nitrogens with zero attached hydrogens (tertiary/aromatic N) is 2. The van der Waals surface area contributed by atoms with Crippen molar-refractivity contribution in [2.45, 2.75) is 40.5 Å². The third-order valence-electron chi connectivity index (χ3n) is 4.96. The first kappa shape index (κ1) is 21.7. The minimum Gasteiger partial charge on any atom is -0.355 e. The maximum absolute atomic E-state index is 13.1. The van der Waals surface area contributed by atoms with E-state index in [0.29, 0.717) is 18.2 Å². The van der Waals surface area contributed by atoms with E-state index in [1.54, 1.807) is 16.2 Å².